The third-order valence-electron chi connectivity index (χ3n) is 7.16. The molecule has 0 unspecified atom stereocenters. The Balaban J connectivity index is 1.76. The highest BCUT2D eigenvalue weighted by Gasteiger charge is 2.25. The van der Waals surface area contributed by atoms with Gasteiger partial charge in [0.15, 0.2) is 5.78 Å². The van der Waals surface area contributed by atoms with Crippen LogP contribution in [0.5, 0.6) is 5.75 Å². The second-order valence-corrected chi connectivity index (χ2v) is 12.7. The van der Waals surface area contributed by atoms with Crippen molar-refractivity contribution < 1.29 is 22.4 Å². The average Bonchev–Trinajstić information content (AvgIpc) is 3.32. The molecule has 0 atom stereocenters. The first-order valence-corrected chi connectivity index (χ1v) is 16.1. The van der Waals surface area contributed by atoms with Gasteiger partial charge in [0.25, 0.3) is 0 Å². The van der Waals surface area contributed by atoms with Crippen LogP contribution >= 0.6 is 0 Å². The Hall–Kier alpha value is -2.68. The van der Waals surface area contributed by atoms with Crippen LogP contribution in [0.2, 0.25) is 0 Å². The minimum Gasteiger partial charge on any atom is -0.494 e. The smallest absolute Gasteiger partial charge is 0.242 e. The summed E-state index contributed by atoms with van der Waals surface area (Å²) >= 11 is 0. The summed E-state index contributed by atoms with van der Waals surface area (Å²) in [6.45, 7) is 10.5. The molecule has 0 aliphatic carbocycles. The summed E-state index contributed by atoms with van der Waals surface area (Å²) in [6, 6.07) is 11.9. The van der Waals surface area contributed by atoms with Crippen LogP contribution in [0, 0.1) is 0 Å². The van der Waals surface area contributed by atoms with E-state index in [4.69, 9.17) is 9.15 Å². The number of carbonyl (C=O) groups is 1. The molecule has 0 amide bonds. The van der Waals surface area contributed by atoms with Gasteiger partial charge in [-0.2, -0.15) is 0 Å². The number of aryl methyl sites for hydroxylation is 1. The molecule has 0 fully saturated rings. The van der Waals surface area contributed by atoms with Crippen molar-refractivity contribution >= 4 is 26.8 Å². The van der Waals surface area contributed by atoms with Crippen molar-refractivity contribution in [2.45, 2.75) is 77.0 Å². The van der Waals surface area contributed by atoms with Crippen molar-refractivity contribution in [2.24, 2.45) is 0 Å². The highest BCUT2D eigenvalue weighted by molar-refractivity contribution is 7.89. The van der Waals surface area contributed by atoms with Gasteiger partial charge in [-0.25, -0.2) is 12.7 Å². The molecule has 1 aromatic heterocycles. The number of sulfonamides is 1. The number of fused-ring (bicyclic) bond motifs is 1. The Morgan fingerprint density at radius 2 is 1.48 bits per heavy atom. The van der Waals surface area contributed by atoms with Gasteiger partial charge in [-0.15, -0.1) is 0 Å². The lowest BCUT2D eigenvalue weighted by Gasteiger charge is -2.21. The van der Waals surface area contributed by atoms with E-state index >= 15 is 0 Å². The van der Waals surface area contributed by atoms with Gasteiger partial charge < -0.3 is 14.1 Å². The summed E-state index contributed by atoms with van der Waals surface area (Å²) < 4.78 is 38.8. The largest absolute Gasteiger partial charge is 0.494 e. The fourth-order valence-electron chi connectivity index (χ4n) is 4.68. The molecule has 0 saturated heterocycles. The minimum absolute atomic E-state index is 0.133. The SMILES string of the molecule is CCCCc1oc2ccc(S(=O)(=O)N(C)C)cc2c1C(=O)c1ccc(OCCCN(CCCC)CCCC)cc1. The Bertz CT molecular complexity index is 1320. The quantitative estimate of drug-likeness (QED) is 0.122. The lowest BCUT2D eigenvalue weighted by Crippen LogP contribution is -2.28. The summed E-state index contributed by atoms with van der Waals surface area (Å²) in [6.07, 6.45) is 8.23. The summed E-state index contributed by atoms with van der Waals surface area (Å²) in [5.74, 6) is 1.14. The second kappa shape index (κ2) is 15.4. The van der Waals surface area contributed by atoms with Gasteiger partial charge in [0.1, 0.15) is 17.1 Å². The zero-order valence-electron chi connectivity index (χ0n) is 24.9. The summed E-state index contributed by atoms with van der Waals surface area (Å²) in [5.41, 5.74) is 1.46. The van der Waals surface area contributed by atoms with Crippen LogP contribution in [0.3, 0.4) is 0 Å². The summed E-state index contributed by atoms with van der Waals surface area (Å²) in [7, 11) is -0.670. The molecular formula is C32H46N2O5S. The third kappa shape index (κ3) is 8.18. The lowest BCUT2D eigenvalue weighted by molar-refractivity contribution is 0.103. The molecule has 2 aromatic carbocycles. The molecule has 7 nitrogen and oxygen atoms in total. The van der Waals surface area contributed by atoms with Crippen molar-refractivity contribution in [1.29, 1.82) is 0 Å². The van der Waals surface area contributed by atoms with E-state index in [2.05, 4.69) is 25.7 Å². The Morgan fingerprint density at radius 1 is 0.850 bits per heavy atom. The number of benzene rings is 2. The molecule has 220 valence electrons. The molecule has 8 heteroatoms. The summed E-state index contributed by atoms with van der Waals surface area (Å²) in [5, 5.41) is 0.523. The maximum atomic E-state index is 13.8. The predicted octanol–water partition coefficient (Wildman–Crippen LogP) is 6.93. The molecule has 0 N–H and O–H groups in total. The number of rotatable bonds is 18. The molecule has 0 aliphatic rings. The normalized spacial score (nSPS) is 12.1. The number of carbonyl (C=O) groups excluding carboxylic acids is 1. The van der Waals surface area contributed by atoms with Crippen molar-refractivity contribution in [2.75, 3.05) is 40.3 Å². The minimum atomic E-state index is -3.65. The Labute approximate surface area is 240 Å². The molecular weight excluding hydrogens is 524 g/mol. The van der Waals surface area contributed by atoms with Gasteiger partial charge in [0.05, 0.1) is 17.1 Å². The average molecular weight is 571 g/mol. The monoisotopic (exact) mass is 570 g/mol. The first-order valence-electron chi connectivity index (χ1n) is 14.7. The maximum absolute atomic E-state index is 13.8. The van der Waals surface area contributed by atoms with E-state index < -0.39 is 10.0 Å². The van der Waals surface area contributed by atoms with E-state index in [0.29, 0.717) is 40.9 Å². The van der Waals surface area contributed by atoms with Crippen LogP contribution in [0.4, 0.5) is 0 Å². The molecule has 0 bridgehead atoms. The van der Waals surface area contributed by atoms with E-state index in [-0.39, 0.29) is 10.7 Å². The zero-order chi connectivity index (χ0) is 29.1. The van der Waals surface area contributed by atoms with Crippen molar-refractivity contribution in [3.8, 4) is 5.75 Å². The van der Waals surface area contributed by atoms with E-state index in [0.717, 1.165) is 44.6 Å². The van der Waals surface area contributed by atoms with Crippen molar-refractivity contribution in [3.63, 3.8) is 0 Å². The number of unbranched alkanes of at least 4 members (excludes halogenated alkanes) is 3. The van der Waals surface area contributed by atoms with Crippen LogP contribution < -0.4 is 4.74 Å². The van der Waals surface area contributed by atoms with Gasteiger partial charge in [0, 0.05) is 38.0 Å². The van der Waals surface area contributed by atoms with Crippen molar-refractivity contribution in [1.82, 2.24) is 9.21 Å². The van der Waals surface area contributed by atoms with Gasteiger partial charge in [-0.3, -0.25) is 4.79 Å². The predicted molar refractivity (Wildman–Crippen MR) is 162 cm³/mol. The van der Waals surface area contributed by atoms with Crippen LogP contribution in [0.25, 0.3) is 11.0 Å². The fraction of sp³-hybridized carbons (Fsp3) is 0.531. The number of nitrogens with zero attached hydrogens (tertiary/aromatic N) is 2. The molecule has 0 aliphatic heterocycles. The topological polar surface area (TPSA) is 80.1 Å². The van der Waals surface area contributed by atoms with Crippen molar-refractivity contribution in [3.05, 3.63) is 59.4 Å². The highest BCUT2D eigenvalue weighted by Crippen LogP contribution is 2.32. The van der Waals surface area contributed by atoms with Crippen LogP contribution in [0.15, 0.2) is 51.8 Å². The van der Waals surface area contributed by atoms with E-state index in [9.17, 15) is 13.2 Å². The first-order chi connectivity index (χ1) is 19.2. The van der Waals surface area contributed by atoms with Crippen LogP contribution in [-0.2, 0) is 16.4 Å². The standard InChI is InChI=1S/C32H46N2O5S/c1-6-9-13-30-31(28-24-27(18-19-29(28)39-30)40(36,37)33(4)5)32(35)25-14-16-26(17-15-25)38-23-12-22-34(20-10-7-2)21-11-8-3/h14-19,24H,6-13,20-23H2,1-5H3. The molecule has 0 spiro atoms. The van der Waals surface area contributed by atoms with E-state index in [1.807, 2.05) is 12.1 Å². The maximum Gasteiger partial charge on any atom is 0.242 e. The Kier molecular flexibility index (Phi) is 12.2. The number of furan rings is 1. The van der Waals surface area contributed by atoms with Gasteiger partial charge in [-0.1, -0.05) is 40.0 Å². The number of hydrogen-bond donors (Lipinski definition) is 0. The first kappa shape index (κ1) is 31.8. The second-order valence-electron chi connectivity index (χ2n) is 10.6. The molecule has 1 heterocycles. The highest BCUT2D eigenvalue weighted by atomic mass is 32.2. The van der Waals surface area contributed by atoms with Crippen LogP contribution in [-0.4, -0.2) is 63.7 Å². The van der Waals surface area contributed by atoms with Gasteiger partial charge in [0.2, 0.25) is 10.0 Å². The van der Waals surface area contributed by atoms with E-state index in [1.54, 1.807) is 24.3 Å². The fourth-order valence-corrected chi connectivity index (χ4v) is 5.61. The number of ketones is 1. The van der Waals surface area contributed by atoms with Gasteiger partial charge >= 0.3 is 0 Å². The number of hydrogen-bond acceptors (Lipinski definition) is 6. The lowest BCUT2D eigenvalue weighted by atomic mass is 9.98. The Morgan fingerprint density at radius 3 is 2.08 bits per heavy atom. The van der Waals surface area contributed by atoms with Crippen LogP contribution in [0.1, 0.15) is 87.4 Å². The number of ether oxygens (including phenoxy) is 1. The molecule has 0 radical (unpaired) electrons. The third-order valence-corrected chi connectivity index (χ3v) is 8.97. The zero-order valence-corrected chi connectivity index (χ0v) is 25.7. The van der Waals surface area contributed by atoms with E-state index in [1.165, 1.54) is 50.2 Å². The molecule has 40 heavy (non-hydrogen) atoms. The molecule has 3 rings (SSSR count). The molecule has 3 aromatic rings. The summed E-state index contributed by atoms with van der Waals surface area (Å²) in [4.78, 5) is 16.4. The van der Waals surface area contributed by atoms with Gasteiger partial charge in [-0.05, 0) is 81.2 Å². The molecule has 0 saturated carbocycles.